The average molecular weight is 381 g/mol. The second kappa shape index (κ2) is 7.25. The Labute approximate surface area is 159 Å². The Kier molecular flexibility index (Phi) is 4.64. The third kappa shape index (κ3) is 3.57. The molecular weight excluding hydrogens is 364 g/mol. The molecule has 2 heterocycles. The number of para-hydroxylation sites is 1. The molecule has 0 saturated heterocycles. The average Bonchev–Trinajstić information content (AvgIpc) is 3.06. The van der Waals surface area contributed by atoms with Gasteiger partial charge >= 0.3 is 0 Å². The third-order valence-corrected chi connectivity index (χ3v) is 4.67. The van der Waals surface area contributed by atoms with Crippen molar-refractivity contribution in [1.82, 2.24) is 19.9 Å². The van der Waals surface area contributed by atoms with Gasteiger partial charge < -0.3 is 10.3 Å². The first-order valence-corrected chi connectivity index (χ1v) is 8.96. The van der Waals surface area contributed by atoms with Crippen LogP contribution in [0.2, 0.25) is 5.02 Å². The van der Waals surface area contributed by atoms with Gasteiger partial charge in [-0.25, -0.2) is 4.98 Å². The Morgan fingerprint density at radius 1 is 1.19 bits per heavy atom. The highest BCUT2D eigenvalue weighted by atomic mass is 35.5. The van der Waals surface area contributed by atoms with E-state index in [1.807, 2.05) is 36.4 Å². The lowest BCUT2D eigenvalue weighted by atomic mass is 10.2. The molecule has 2 aromatic carbocycles. The number of hydrogen-bond acceptors (Lipinski definition) is 3. The van der Waals surface area contributed by atoms with Crippen LogP contribution in [0.4, 0.5) is 0 Å². The highest BCUT2D eigenvalue weighted by Gasteiger charge is 2.11. The van der Waals surface area contributed by atoms with Gasteiger partial charge in [-0.05, 0) is 23.8 Å². The molecule has 27 heavy (non-hydrogen) atoms. The third-order valence-electron chi connectivity index (χ3n) is 4.44. The number of nitrogens with one attached hydrogen (secondary N) is 2. The molecule has 2 aromatic heterocycles. The maximum Gasteiger partial charge on any atom is 0.277 e. The SMILES string of the molecule is O=C(CCn1cnc2c([nH]c3ccccc32)c1=O)NCc1cccc(Cl)c1. The fourth-order valence-corrected chi connectivity index (χ4v) is 3.27. The van der Waals surface area contributed by atoms with E-state index in [-0.39, 0.29) is 24.4 Å². The summed E-state index contributed by atoms with van der Waals surface area (Å²) in [5, 5.41) is 4.38. The minimum Gasteiger partial charge on any atom is -0.352 e. The number of H-pyrrole nitrogens is 1. The molecule has 6 nitrogen and oxygen atoms in total. The zero-order chi connectivity index (χ0) is 18.8. The molecule has 0 radical (unpaired) electrons. The van der Waals surface area contributed by atoms with E-state index in [0.29, 0.717) is 22.6 Å². The quantitative estimate of drug-likeness (QED) is 0.557. The Bertz CT molecular complexity index is 1200. The van der Waals surface area contributed by atoms with Crippen LogP contribution in [-0.4, -0.2) is 20.4 Å². The van der Waals surface area contributed by atoms with Crippen LogP contribution in [0.25, 0.3) is 21.9 Å². The molecule has 2 N–H and O–H groups in total. The molecule has 0 unspecified atom stereocenters. The molecule has 1 amide bonds. The Hall–Kier alpha value is -3.12. The Morgan fingerprint density at radius 2 is 2.04 bits per heavy atom. The van der Waals surface area contributed by atoms with E-state index < -0.39 is 0 Å². The maximum atomic E-state index is 12.7. The number of aryl methyl sites for hydroxylation is 1. The number of aromatic nitrogens is 3. The molecular formula is C20H17ClN4O2. The second-order valence-electron chi connectivity index (χ2n) is 6.29. The summed E-state index contributed by atoms with van der Waals surface area (Å²) >= 11 is 5.94. The molecule has 4 rings (SSSR count). The highest BCUT2D eigenvalue weighted by Crippen LogP contribution is 2.20. The Balaban J connectivity index is 1.45. The number of benzene rings is 2. The van der Waals surface area contributed by atoms with Gasteiger partial charge in [0, 0.05) is 35.4 Å². The van der Waals surface area contributed by atoms with Crippen molar-refractivity contribution >= 4 is 39.4 Å². The van der Waals surface area contributed by atoms with Crippen LogP contribution in [0, 0.1) is 0 Å². The van der Waals surface area contributed by atoms with Crippen LogP contribution in [0.1, 0.15) is 12.0 Å². The summed E-state index contributed by atoms with van der Waals surface area (Å²) in [5.74, 6) is -0.140. The van der Waals surface area contributed by atoms with E-state index in [1.54, 1.807) is 12.1 Å². The molecule has 4 aromatic rings. The molecule has 136 valence electrons. The number of hydrogen-bond donors (Lipinski definition) is 2. The number of halogens is 1. The number of nitrogens with zero attached hydrogens (tertiary/aromatic N) is 2. The molecule has 0 saturated carbocycles. The van der Waals surface area contributed by atoms with Crippen molar-refractivity contribution in [3.8, 4) is 0 Å². The summed E-state index contributed by atoms with van der Waals surface area (Å²) < 4.78 is 1.46. The monoisotopic (exact) mass is 380 g/mol. The standard InChI is InChI=1S/C20H17ClN4O2/c21-14-5-3-4-13(10-14)11-22-17(26)8-9-25-12-23-18-15-6-1-2-7-16(15)24-19(18)20(25)27/h1-7,10,12,24H,8-9,11H2,(H,22,26). The molecule has 7 heteroatoms. The summed E-state index contributed by atoms with van der Waals surface area (Å²) in [6, 6.07) is 15.0. The van der Waals surface area contributed by atoms with Crippen LogP contribution in [-0.2, 0) is 17.9 Å². The van der Waals surface area contributed by atoms with Crippen LogP contribution in [0.5, 0.6) is 0 Å². The first kappa shape index (κ1) is 17.3. The van der Waals surface area contributed by atoms with Gasteiger partial charge in [0.1, 0.15) is 11.0 Å². The molecule has 0 fully saturated rings. The fraction of sp³-hybridized carbons (Fsp3) is 0.150. The summed E-state index contributed by atoms with van der Waals surface area (Å²) in [6.45, 7) is 0.659. The molecule has 0 aliphatic rings. The lowest BCUT2D eigenvalue weighted by Gasteiger charge is -2.07. The number of carbonyl (C=O) groups excluding carboxylic acids is 1. The molecule has 0 bridgehead atoms. The summed E-state index contributed by atoms with van der Waals surface area (Å²) in [7, 11) is 0. The largest absolute Gasteiger partial charge is 0.352 e. The Morgan fingerprint density at radius 3 is 2.89 bits per heavy atom. The van der Waals surface area contributed by atoms with Gasteiger partial charge in [0.2, 0.25) is 5.91 Å². The number of rotatable bonds is 5. The predicted octanol–water partition coefficient (Wildman–Crippen LogP) is 3.24. The zero-order valence-electron chi connectivity index (χ0n) is 14.4. The van der Waals surface area contributed by atoms with Gasteiger partial charge in [-0.3, -0.25) is 14.2 Å². The maximum absolute atomic E-state index is 12.7. The van der Waals surface area contributed by atoms with Crippen LogP contribution >= 0.6 is 11.6 Å². The zero-order valence-corrected chi connectivity index (χ0v) is 15.2. The van der Waals surface area contributed by atoms with Gasteiger partial charge in [0.25, 0.3) is 5.56 Å². The van der Waals surface area contributed by atoms with Crippen molar-refractivity contribution in [2.45, 2.75) is 19.5 Å². The molecule has 0 aliphatic heterocycles. The van der Waals surface area contributed by atoms with E-state index in [0.717, 1.165) is 16.5 Å². The summed E-state index contributed by atoms with van der Waals surface area (Å²) in [6.07, 6.45) is 1.68. The van der Waals surface area contributed by atoms with Crippen molar-refractivity contribution in [2.24, 2.45) is 0 Å². The highest BCUT2D eigenvalue weighted by molar-refractivity contribution is 6.30. The van der Waals surface area contributed by atoms with Gasteiger partial charge in [-0.2, -0.15) is 0 Å². The van der Waals surface area contributed by atoms with Crippen molar-refractivity contribution in [3.05, 3.63) is 75.8 Å². The lowest BCUT2D eigenvalue weighted by Crippen LogP contribution is -2.27. The molecule has 0 atom stereocenters. The van der Waals surface area contributed by atoms with Crippen molar-refractivity contribution in [1.29, 1.82) is 0 Å². The van der Waals surface area contributed by atoms with Gasteiger partial charge in [0.15, 0.2) is 0 Å². The fourth-order valence-electron chi connectivity index (χ4n) is 3.06. The van der Waals surface area contributed by atoms with Gasteiger partial charge in [-0.1, -0.05) is 41.9 Å². The minimum absolute atomic E-state index is 0.140. The van der Waals surface area contributed by atoms with E-state index in [1.165, 1.54) is 10.9 Å². The minimum atomic E-state index is -0.182. The number of amides is 1. The van der Waals surface area contributed by atoms with Crippen molar-refractivity contribution < 1.29 is 4.79 Å². The van der Waals surface area contributed by atoms with Crippen molar-refractivity contribution in [2.75, 3.05) is 0 Å². The van der Waals surface area contributed by atoms with Crippen LogP contribution < -0.4 is 10.9 Å². The van der Waals surface area contributed by atoms with E-state index in [2.05, 4.69) is 15.3 Å². The smallest absolute Gasteiger partial charge is 0.277 e. The van der Waals surface area contributed by atoms with E-state index >= 15 is 0 Å². The topological polar surface area (TPSA) is 79.8 Å². The lowest BCUT2D eigenvalue weighted by molar-refractivity contribution is -0.121. The molecule has 0 aliphatic carbocycles. The molecule has 0 spiro atoms. The number of aromatic amines is 1. The summed E-state index contributed by atoms with van der Waals surface area (Å²) in [5.41, 5.74) is 2.72. The van der Waals surface area contributed by atoms with Crippen LogP contribution in [0.3, 0.4) is 0 Å². The number of fused-ring (bicyclic) bond motifs is 3. The number of carbonyl (C=O) groups is 1. The van der Waals surface area contributed by atoms with Gasteiger partial charge in [0.05, 0.1) is 6.33 Å². The van der Waals surface area contributed by atoms with E-state index in [9.17, 15) is 9.59 Å². The normalized spacial score (nSPS) is 11.1. The second-order valence-corrected chi connectivity index (χ2v) is 6.73. The van der Waals surface area contributed by atoms with Gasteiger partial charge in [-0.15, -0.1) is 0 Å². The predicted molar refractivity (Wildman–Crippen MR) is 106 cm³/mol. The van der Waals surface area contributed by atoms with Crippen LogP contribution in [0.15, 0.2) is 59.7 Å². The first-order chi connectivity index (χ1) is 13.1. The first-order valence-electron chi connectivity index (χ1n) is 8.59. The van der Waals surface area contributed by atoms with E-state index in [4.69, 9.17) is 11.6 Å². The summed E-state index contributed by atoms with van der Waals surface area (Å²) in [4.78, 5) is 32.3. The van der Waals surface area contributed by atoms with Crippen molar-refractivity contribution in [3.63, 3.8) is 0 Å².